The van der Waals surface area contributed by atoms with Gasteiger partial charge in [0.15, 0.2) is 0 Å². The van der Waals surface area contributed by atoms with Gasteiger partial charge >= 0.3 is 0 Å². The van der Waals surface area contributed by atoms with E-state index >= 15 is 0 Å². The maximum Gasteiger partial charge on any atom is 0.265 e. The molecule has 0 bridgehead atoms. The smallest absolute Gasteiger partial charge is 0.265 e. The molecular weight excluding hydrogens is 421 g/mol. The average molecular weight is 442 g/mol. The first kappa shape index (κ1) is 20.7. The highest BCUT2D eigenvalue weighted by Gasteiger charge is 2.24. The molecule has 1 N–H and O–H groups in total. The minimum absolute atomic E-state index is 0.154. The van der Waals surface area contributed by atoms with Crippen LogP contribution >= 0.6 is 23.2 Å². The zero-order chi connectivity index (χ0) is 20.6. The molecule has 0 atom stereocenters. The first-order valence-corrected chi connectivity index (χ1v) is 10.9. The Morgan fingerprint density at radius 3 is 2.43 bits per heavy atom. The number of rotatable bonds is 6. The molecule has 28 heavy (non-hydrogen) atoms. The highest BCUT2D eigenvalue weighted by atomic mass is 35.5. The molecule has 0 saturated heterocycles. The van der Waals surface area contributed by atoms with Crippen molar-refractivity contribution in [2.75, 3.05) is 4.72 Å². The standard InChI is InChI=1S/C18H21Cl2N5O2S/c1-5-24-10-17(11(2)21-24)28(26,27)23-18-12(3)22-25(13(18)4)9-14-6-7-15(19)8-16(14)20/h6-8,10,23H,5,9H2,1-4H3. The summed E-state index contributed by atoms with van der Waals surface area (Å²) in [4.78, 5) is 0.154. The average Bonchev–Trinajstić information content (AvgIpc) is 3.13. The van der Waals surface area contributed by atoms with Crippen molar-refractivity contribution in [1.29, 1.82) is 0 Å². The SMILES string of the molecule is CCn1cc(S(=O)(=O)Nc2c(C)nn(Cc3ccc(Cl)cc3Cl)c2C)c(C)n1. The van der Waals surface area contributed by atoms with Crippen LogP contribution in [0.2, 0.25) is 10.0 Å². The molecule has 7 nitrogen and oxygen atoms in total. The van der Waals surface area contributed by atoms with Gasteiger partial charge in [-0.1, -0.05) is 29.3 Å². The van der Waals surface area contributed by atoms with Gasteiger partial charge in [-0.25, -0.2) is 8.42 Å². The molecule has 3 aromatic rings. The van der Waals surface area contributed by atoms with Crippen LogP contribution in [0.1, 0.15) is 29.6 Å². The number of sulfonamides is 1. The van der Waals surface area contributed by atoms with Crippen LogP contribution in [0.25, 0.3) is 0 Å². The summed E-state index contributed by atoms with van der Waals surface area (Å²) in [5.41, 5.74) is 3.00. The summed E-state index contributed by atoms with van der Waals surface area (Å²) in [6.07, 6.45) is 1.53. The molecule has 0 saturated carbocycles. The van der Waals surface area contributed by atoms with Gasteiger partial charge in [0.05, 0.1) is 29.3 Å². The lowest BCUT2D eigenvalue weighted by molar-refractivity contribution is 0.600. The number of halogens is 2. The van der Waals surface area contributed by atoms with Crippen LogP contribution in [0.15, 0.2) is 29.3 Å². The minimum atomic E-state index is -3.78. The van der Waals surface area contributed by atoms with Gasteiger partial charge in [0.1, 0.15) is 4.90 Å². The Labute approximate surface area is 174 Å². The number of aromatic nitrogens is 4. The van der Waals surface area contributed by atoms with E-state index in [-0.39, 0.29) is 4.90 Å². The van der Waals surface area contributed by atoms with Gasteiger partial charge in [-0.2, -0.15) is 10.2 Å². The molecule has 0 unspecified atom stereocenters. The summed E-state index contributed by atoms with van der Waals surface area (Å²) >= 11 is 12.2. The lowest BCUT2D eigenvalue weighted by Gasteiger charge is -2.09. The van der Waals surface area contributed by atoms with Gasteiger partial charge in [0.2, 0.25) is 0 Å². The Morgan fingerprint density at radius 1 is 1.11 bits per heavy atom. The van der Waals surface area contributed by atoms with Crippen molar-refractivity contribution in [3.8, 4) is 0 Å². The largest absolute Gasteiger partial charge is 0.276 e. The van der Waals surface area contributed by atoms with Crippen LogP contribution in [-0.2, 0) is 23.1 Å². The minimum Gasteiger partial charge on any atom is -0.276 e. The Balaban J connectivity index is 1.92. The molecule has 0 spiro atoms. The van der Waals surface area contributed by atoms with Gasteiger partial charge in [-0.3, -0.25) is 14.1 Å². The summed E-state index contributed by atoms with van der Waals surface area (Å²) in [7, 11) is -3.78. The van der Waals surface area contributed by atoms with Crippen LogP contribution in [0.5, 0.6) is 0 Å². The van der Waals surface area contributed by atoms with Crippen molar-refractivity contribution in [2.24, 2.45) is 0 Å². The first-order valence-electron chi connectivity index (χ1n) is 8.67. The van der Waals surface area contributed by atoms with Crippen molar-refractivity contribution < 1.29 is 8.42 Å². The molecule has 0 aliphatic rings. The second kappa shape index (κ2) is 7.77. The van der Waals surface area contributed by atoms with Gasteiger partial charge in [0, 0.05) is 22.8 Å². The number of nitrogens with zero attached hydrogens (tertiary/aromatic N) is 4. The van der Waals surface area contributed by atoms with E-state index in [9.17, 15) is 8.42 Å². The number of benzene rings is 1. The molecular formula is C18H21Cl2N5O2S. The number of hydrogen-bond acceptors (Lipinski definition) is 4. The van der Waals surface area contributed by atoms with E-state index in [1.807, 2.05) is 19.9 Å². The number of aryl methyl sites for hydroxylation is 3. The lowest BCUT2D eigenvalue weighted by atomic mass is 10.2. The van der Waals surface area contributed by atoms with E-state index in [2.05, 4.69) is 14.9 Å². The summed E-state index contributed by atoms with van der Waals surface area (Å²) < 4.78 is 31.7. The molecule has 2 heterocycles. The number of nitrogens with one attached hydrogen (secondary N) is 1. The molecule has 0 radical (unpaired) electrons. The summed E-state index contributed by atoms with van der Waals surface area (Å²) in [5, 5.41) is 9.77. The van der Waals surface area contributed by atoms with E-state index in [4.69, 9.17) is 23.2 Å². The molecule has 1 aromatic carbocycles. The second-order valence-electron chi connectivity index (χ2n) is 6.48. The van der Waals surface area contributed by atoms with E-state index in [1.165, 1.54) is 6.20 Å². The van der Waals surface area contributed by atoms with Crippen LogP contribution in [0, 0.1) is 20.8 Å². The van der Waals surface area contributed by atoms with Crippen molar-refractivity contribution in [3.05, 3.63) is 57.1 Å². The van der Waals surface area contributed by atoms with E-state index in [1.54, 1.807) is 35.3 Å². The van der Waals surface area contributed by atoms with Crippen LogP contribution in [0.3, 0.4) is 0 Å². The predicted molar refractivity (Wildman–Crippen MR) is 111 cm³/mol. The van der Waals surface area contributed by atoms with Gasteiger partial charge in [-0.05, 0) is 45.4 Å². The monoisotopic (exact) mass is 441 g/mol. The maximum atomic E-state index is 12.9. The fraction of sp³-hybridized carbons (Fsp3) is 0.333. The molecule has 0 fully saturated rings. The zero-order valence-electron chi connectivity index (χ0n) is 16.0. The van der Waals surface area contributed by atoms with Crippen molar-refractivity contribution in [1.82, 2.24) is 19.6 Å². The maximum absolute atomic E-state index is 12.9. The third-order valence-corrected chi connectivity index (χ3v) is 6.51. The predicted octanol–water partition coefficient (Wildman–Crippen LogP) is 4.18. The summed E-state index contributed by atoms with van der Waals surface area (Å²) in [6, 6.07) is 5.25. The summed E-state index contributed by atoms with van der Waals surface area (Å²) in [5.74, 6) is 0. The van der Waals surface area contributed by atoms with Gasteiger partial charge in [0.25, 0.3) is 10.0 Å². The molecule has 0 aliphatic carbocycles. The van der Waals surface area contributed by atoms with Gasteiger partial charge < -0.3 is 0 Å². The van der Waals surface area contributed by atoms with Crippen LogP contribution in [-0.4, -0.2) is 28.0 Å². The quantitative estimate of drug-likeness (QED) is 0.621. The molecule has 0 amide bonds. The molecule has 2 aromatic heterocycles. The molecule has 0 aliphatic heterocycles. The highest BCUT2D eigenvalue weighted by Crippen LogP contribution is 2.27. The Bertz CT molecular complexity index is 1140. The zero-order valence-corrected chi connectivity index (χ0v) is 18.3. The van der Waals surface area contributed by atoms with Crippen molar-refractivity contribution >= 4 is 38.9 Å². The highest BCUT2D eigenvalue weighted by molar-refractivity contribution is 7.92. The number of anilines is 1. The molecule has 150 valence electrons. The topological polar surface area (TPSA) is 81.8 Å². The normalized spacial score (nSPS) is 11.8. The summed E-state index contributed by atoms with van der Waals surface area (Å²) in [6.45, 7) is 8.13. The second-order valence-corrected chi connectivity index (χ2v) is 8.97. The van der Waals surface area contributed by atoms with E-state index in [0.717, 1.165) is 5.56 Å². The number of hydrogen-bond donors (Lipinski definition) is 1. The Hall–Kier alpha value is -2.03. The fourth-order valence-corrected chi connectivity index (χ4v) is 4.76. The molecule has 3 rings (SSSR count). The lowest BCUT2D eigenvalue weighted by Crippen LogP contribution is -2.15. The van der Waals surface area contributed by atoms with Crippen molar-refractivity contribution in [2.45, 2.75) is 45.7 Å². The fourth-order valence-electron chi connectivity index (χ4n) is 2.92. The Morgan fingerprint density at radius 2 is 1.82 bits per heavy atom. The van der Waals surface area contributed by atoms with E-state index in [0.29, 0.717) is 45.9 Å². The third-order valence-electron chi connectivity index (χ3n) is 4.47. The third kappa shape index (κ3) is 4.04. The van der Waals surface area contributed by atoms with E-state index < -0.39 is 10.0 Å². The molecule has 10 heteroatoms. The van der Waals surface area contributed by atoms with Crippen molar-refractivity contribution in [3.63, 3.8) is 0 Å². The van der Waals surface area contributed by atoms with Crippen LogP contribution < -0.4 is 4.72 Å². The Kier molecular flexibility index (Phi) is 5.74. The first-order chi connectivity index (χ1) is 13.1. The van der Waals surface area contributed by atoms with Crippen LogP contribution in [0.4, 0.5) is 5.69 Å². The van der Waals surface area contributed by atoms with Gasteiger partial charge in [-0.15, -0.1) is 0 Å².